The largest absolute Gasteiger partial charge is 0.249 e. The van der Waals surface area contributed by atoms with Crippen LogP contribution in [0.15, 0.2) is 59.8 Å². The summed E-state index contributed by atoms with van der Waals surface area (Å²) in [7, 11) is -3.44. The zero-order chi connectivity index (χ0) is 18.3. The fraction of sp³-hybridized carbons (Fsp3) is 0.0556. The smallest absolute Gasteiger partial charge is 0.243 e. The molecule has 4 aromatic rings. The lowest BCUT2D eigenvalue weighted by atomic mass is 10.1. The van der Waals surface area contributed by atoms with E-state index in [1.165, 1.54) is 0 Å². The molecule has 1 N–H and O–H groups in total. The molecule has 0 fully saturated rings. The lowest BCUT2D eigenvalue weighted by molar-refractivity contribution is 0.594. The first kappa shape index (κ1) is 16.7. The number of fused-ring (bicyclic) bond motifs is 1. The Morgan fingerprint density at radius 2 is 1.73 bits per heavy atom. The van der Waals surface area contributed by atoms with E-state index >= 15 is 0 Å². The molecule has 4 rings (SSSR count). The Balaban J connectivity index is 1.79. The van der Waals surface area contributed by atoms with E-state index in [-0.39, 0.29) is 5.16 Å². The van der Waals surface area contributed by atoms with Gasteiger partial charge < -0.3 is 0 Å². The summed E-state index contributed by atoms with van der Waals surface area (Å²) in [5.74, 6) is 0.311. The SMILES string of the molecule is CS(=O)(=O)c1nc(-c2cccc(-c3ccc4cccc(Cl)c4n3)c2)n[nH]1. The number of H-pyrrole nitrogens is 1. The van der Waals surface area contributed by atoms with Gasteiger partial charge in [0.1, 0.15) is 0 Å². The third kappa shape index (κ3) is 3.07. The molecule has 0 spiro atoms. The summed E-state index contributed by atoms with van der Waals surface area (Å²) >= 11 is 6.25. The average Bonchev–Trinajstić information content (AvgIpc) is 3.13. The Kier molecular flexibility index (Phi) is 3.97. The lowest BCUT2D eigenvalue weighted by Gasteiger charge is -2.06. The number of hydrogen-bond donors (Lipinski definition) is 1. The molecule has 0 aliphatic carbocycles. The summed E-state index contributed by atoms with van der Waals surface area (Å²) in [5.41, 5.74) is 3.03. The Labute approximate surface area is 154 Å². The van der Waals surface area contributed by atoms with Crippen LogP contribution in [-0.4, -0.2) is 34.8 Å². The topological polar surface area (TPSA) is 88.6 Å². The van der Waals surface area contributed by atoms with Crippen LogP contribution in [0, 0.1) is 0 Å². The molecule has 0 aliphatic heterocycles. The van der Waals surface area contributed by atoms with Crippen molar-refractivity contribution in [1.29, 1.82) is 0 Å². The minimum Gasteiger partial charge on any atom is -0.249 e. The van der Waals surface area contributed by atoms with Crippen LogP contribution in [0.25, 0.3) is 33.5 Å². The van der Waals surface area contributed by atoms with Gasteiger partial charge in [0, 0.05) is 22.8 Å². The standard InChI is InChI=1S/C18H13ClN4O2S/c1-26(24,25)18-21-17(22-23-18)13-6-2-5-12(10-13)15-9-8-11-4-3-7-14(19)16(11)20-15/h2-10H,1H3,(H,21,22,23). The number of hydrogen-bond acceptors (Lipinski definition) is 5. The van der Waals surface area contributed by atoms with Crippen LogP contribution in [-0.2, 0) is 9.84 Å². The molecule has 26 heavy (non-hydrogen) atoms. The molecule has 130 valence electrons. The van der Waals surface area contributed by atoms with E-state index in [1.54, 1.807) is 6.07 Å². The van der Waals surface area contributed by atoms with Crippen LogP contribution in [0.1, 0.15) is 0 Å². The zero-order valence-corrected chi connectivity index (χ0v) is 15.2. The van der Waals surface area contributed by atoms with Gasteiger partial charge in [0.15, 0.2) is 5.82 Å². The predicted octanol–water partition coefficient (Wildman–Crippen LogP) is 3.74. The van der Waals surface area contributed by atoms with E-state index in [1.807, 2.05) is 48.5 Å². The second-order valence-corrected chi connectivity index (χ2v) is 8.16. The molecule has 0 saturated carbocycles. The van der Waals surface area contributed by atoms with E-state index < -0.39 is 9.84 Å². The number of rotatable bonds is 3. The van der Waals surface area contributed by atoms with E-state index in [9.17, 15) is 8.42 Å². The molecule has 6 nitrogen and oxygen atoms in total. The summed E-state index contributed by atoms with van der Waals surface area (Å²) in [6, 6.07) is 17.0. The minimum absolute atomic E-state index is 0.159. The van der Waals surface area contributed by atoms with Gasteiger partial charge >= 0.3 is 0 Å². The van der Waals surface area contributed by atoms with Gasteiger partial charge in [-0.2, -0.15) is 10.1 Å². The molecule has 0 amide bonds. The second-order valence-electron chi connectivity index (χ2n) is 5.83. The van der Waals surface area contributed by atoms with Crippen molar-refractivity contribution in [2.24, 2.45) is 0 Å². The van der Waals surface area contributed by atoms with Gasteiger partial charge in [0.2, 0.25) is 15.0 Å². The predicted molar refractivity (Wildman–Crippen MR) is 101 cm³/mol. The van der Waals surface area contributed by atoms with Gasteiger partial charge in [-0.3, -0.25) is 0 Å². The molecule has 2 aromatic heterocycles. The molecular weight excluding hydrogens is 372 g/mol. The summed E-state index contributed by atoms with van der Waals surface area (Å²) in [4.78, 5) is 8.70. The van der Waals surface area contributed by atoms with Crippen LogP contribution in [0.5, 0.6) is 0 Å². The highest BCUT2D eigenvalue weighted by molar-refractivity contribution is 7.90. The Morgan fingerprint density at radius 3 is 2.50 bits per heavy atom. The number of nitrogens with one attached hydrogen (secondary N) is 1. The highest BCUT2D eigenvalue weighted by atomic mass is 35.5. The summed E-state index contributed by atoms with van der Waals surface area (Å²) in [6.07, 6.45) is 1.08. The van der Waals surface area contributed by atoms with Crippen molar-refractivity contribution in [1.82, 2.24) is 20.2 Å². The van der Waals surface area contributed by atoms with Crippen molar-refractivity contribution < 1.29 is 8.42 Å². The fourth-order valence-corrected chi connectivity index (χ4v) is 3.32. The first-order chi connectivity index (χ1) is 12.4. The molecule has 0 aliphatic rings. The molecule has 0 unspecified atom stereocenters. The number of pyridine rings is 1. The third-order valence-corrected chi connectivity index (χ3v) is 5.09. The number of nitrogens with zero attached hydrogens (tertiary/aromatic N) is 3. The molecule has 8 heteroatoms. The van der Waals surface area contributed by atoms with Gasteiger partial charge in [-0.25, -0.2) is 18.5 Å². The number of sulfone groups is 1. The van der Waals surface area contributed by atoms with Crippen LogP contribution < -0.4 is 0 Å². The van der Waals surface area contributed by atoms with Gasteiger partial charge in [-0.15, -0.1) is 0 Å². The normalized spacial score (nSPS) is 11.8. The van der Waals surface area contributed by atoms with Crippen molar-refractivity contribution in [2.75, 3.05) is 6.26 Å². The van der Waals surface area contributed by atoms with Crippen molar-refractivity contribution in [3.8, 4) is 22.6 Å². The zero-order valence-electron chi connectivity index (χ0n) is 13.6. The van der Waals surface area contributed by atoms with E-state index in [4.69, 9.17) is 11.6 Å². The van der Waals surface area contributed by atoms with Crippen molar-refractivity contribution in [2.45, 2.75) is 5.16 Å². The van der Waals surface area contributed by atoms with E-state index in [0.29, 0.717) is 16.4 Å². The highest BCUT2D eigenvalue weighted by Gasteiger charge is 2.15. The molecule has 2 aromatic carbocycles. The maximum atomic E-state index is 11.6. The number of aromatic nitrogens is 4. The average molecular weight is 385 g/mol. The van der Waals surface area contributed by atoms with Crippen LogP contribution >= 0.6 is 11.6 Å². The first-order valence-electron chi connectivity index (χ1n) is 7.70. The van der Waals surface area contributed by atoms with E-state index in [2.05, 4.69) is 20.2 Å². The molecular formula is C18H13ClN4O2S. The quantitative estimate of drug-likeness (QED) is 0.581. The van der Waals surface area contributed by atoms with Crippen LogP contribution in [0.3, 0.4) is 0 Å². The molecule has 0 bridgehead atoms. The van der Waals surface area contributed by atoms with Crippen LogP contribution in [0.2, 0.25) is 5.02 Å². The van der Waals surface area contributed by atoms with Gasteiger partial charge in [0.25, 0.3) is 0 Å². The maximum absolute atomic E-state index is 11.6. The molecule has 0 radical (unpaired) electrons. The molecule has 2 heterocycles. The Morgan fingerprint density at radius 1 is 0.962 bits per heavy atom. The van der Waals surface area contributed by atoms with Gasteiger partial charge in [0.05, 0.1) is 16.2 Å². The number of aromatic amines is 1. The van der Waals surface area contributed by atoms with Crippen LogP contribution in [0.4, 0.5) is 0 Å². The minimum atomic E-state index is -3.44. The van der Waals surface area contributed by atoms with Gasteiger partial charge in [-0.05, 0) is 18.2 Å². The first-order valence-corrected chi connectivity index (χ1v) is 9.97. The number of para-hydroxylation sites is 1. The summed E-state index contributed by atoms with van der Waals surface area (Å²) in [5, 5.41) is 7.84. The van der Waals surface area contributed by atoms with Crippen molar-refractivity contribution in [3.63, 3.8) is 0 Å². The number of halogens is 1. The fourth-order valence-electron chi connectivity index (χ4n) is 2.63. The third-order valence-electron chi connectivity index (χ3n) is 3.90. The summed E-state index contributed by atoms with van der Waals surface area (Å²) < 4.78 is 23.1. The van der Waals surface area contributed by atoms with Gasteiger partial charge in [-0.1, -0.05) is 48.0 Å². The Hall–Kier alpha value is -2.77. The van der Waals surface area contributed by atoms with E-state index in [0.717, 1.165) is 28.4 Å². The maximum Gasteiger partial charge on any atom is 0.243 e. The molecule has 0 saturated heterocycles. The van der Waals surface area contributed by atoms with Crippen molar-refractivity contribution >= 4 is 32.3 Å². The lowest BCUT2D eigenvalue weighted by Crippen LogP contribution is -1.99. The van der Waals surface area contributed by atoms with Crippen molar-refractivity contribution in [3.05, 3.63) is 59.6 Å². The number of benzene rings is 2. The molecule has 0 atom stereocenters. The highest BCUT2D eigenvalue weighted by Crippen LogP contribution is 2.28. The summed E-state index contributed by atoms with van der Waals surface area (Å²) in [6.45, 7) is 0. The monoisotopic (exact) mass is 384 g/mol. The second kappa shape index (κ2) is 6.19. The Bertz CT molecular complexity index is 1230.